The number of nitrogens with one attached hydrogen (secondary N) is 1. The van der Waals surface area contributed by atoms with Gasteiger partial charge in [-0.05, 0) is 50.4 Å². The average molecular weight is 295 g/mol. The number of benzene rings is 1. The Morgan fingerprint density at radius 2 is 1.70 bits per heavy atom. The molecule has 1 N–H and O–H groups in total. The van der Waals surface area contributed by atoms with Gasteiger partial charge in [0.1, 0.15) is 0 Å². The second-order valence-corrected chi connectivity index (χ2v) is 7.95. The Balaban J connectivity index is 3.07. The van der Waals surface area contributed by atoms with E-state index in [-0.39, 0.29) is 11.3 Å². The van der Waals surface area contributed by atoms with Gasteiger partial charge in [-0.15, -0.1) is 0 Å². The van der Waals surface area contributed by atoms with E-state index in [1.807, 2.05) is 13.8 Å². The lowest BCUT2D eigenvalue weighted by Gasteiger charge is -2.24. The fourth-order valence-corrected chi connectivity index (χ4v) is 3.66. The summed E-state index contributed by atoms with van der Waals surface area (Å²) in [5.41, 5.74) is 5.23. The molecule has 0 aliphatic rings. The SMILES string of the molecule is CCCNC(CS(=O)C(C)C)c1c(C)cc(C)cc1C. The maximum atomic E-state index is 12.3. The molecule has 20 heavy (non-hydrogen) atoms. The summed E-state index contributed by atoms with van der Waals surface area (Å²) in [6.45, 7) is 13.6. The van der Waals surface area contributed by atoms with Crippen molar-refractivity contribution >= 4 is 10.8 Å². The van der Waals surface area contributed by atoms with Gasteiger partial charge >= 0.3 is 0 Å². The number of aryl methyl sites for hydroxylation is 3. The molecule has 114 valence electrons. The standard InChI is InChI=1S/C17H29NOS/c1-7-8-18-16(11-20(19)12(2)3)17-14(5)9-13(4)10-15(17)6/h9-10,12,16,18H,7-8,11H2,1-6H3. The van der Waals surface area contributed by atoms with Gasteiger partial charge < -0.3 is 5.32 Å². The normalized spacial score (nSPS) is 14.6. The van der Waals surface area contributed by atoms with E-state index in [4.69, 9.17) is 0 Å². The van der Waals surface area contributed by atoms with E-state index in [0.717, 1.165) is 13.0 Å². The van der Waals surface area contributed by atoms with Crippen LogP contribution in [0.5, 0.6) is 0 Å². The molecule has 0 heterocycles. The molecule has 2 nitrogen and oxygen atoms in total. The van der Waals surface area contributed by atoms with Crippen molar-refractivity contribution in [1.82, 2.24) is 5.32 Å². The first-order valence-electron chi connectivity index (χ1n) is 7.55. The highest BCUT2D eigenvalue weighted by Crippen LogP contribution is 2.25. The van der Waals surface area contributed by atoms with Gasteiger partial charge in [0.15, 0.2) is 0 Å². The fourth-order valence-electron chi connectivity index (χ4n) is 2.66. The molecule has 1 aromatic carbocycles. The van der Waals surface area contributed by atoms with E-state index in [9.17, 15) is 4.21 Å². The molecule has 0 aliphatic heterocycles. The molecule has 0 aliphatic carbocycles. The third kappa shape index (κ3) is 4.71. The average Bonchev–Trinajstić information content (AvgIpc) is 2.33. The van der Waals surface area contributed by atoms with Crippen LogP contribution < -0.4 is 5.32 Å². The van der Waals surface area contributed by atoms with Crippen molar-refractivity contribution in [2.24, 2.45) is 0 Å². The van der Waals surface area contributed by atoms with E-state index in [1.165, 1.54) is 22.3 Å². The van der Waals surface area contributed by atoms with Crippen LogP contribution in [0.25, 0.3) is 0 Å². The highest BCUT2D eigenvalue weighted by molar-refractivity contribution is 7.85. The van der Waals surface area contributed by atoms with Crippen molar-refractivity contribution in [3.8, 4) is 0 Å². The van der Waals surface area contributed by atoms with Gasteiger partial charge in [-0.1, -0.05) is 38.5 Å². The molecule has 2 atom stereocenters. The van der Waals surface area contributed by atoms with Crippen molar-refractivity contribution in [3.63, 3.8) is 0 Å². The molecule has 2 unspecified atom stereocenters. The molecule has 3 heteroatoms. The Morgan fingerprint density at radius 3 is 2.15 bits per heavy atom. The Labute approximate surface area is 126 Å². The summed E-state index contributed by atoms with van der Waals surface area (Å²) in [6.07, 6.45) is 1.09. The van der Waals surface area contributed by atoms with E-state index in [1.54, 1.807) is 0 Å². The molecule has 0 amide bonds. The fraction of sp³-hybridized carbons (Fsp3) is 0.647. The van der Waals surface area contributed by atoms with E-state index in [2.05, 4.69) is 45.1 Å². The lowest BCUT2D eigenvalue weighted by Crippen LogP contribution is -2.30. The van der Waals surface area contributed by atoms with Gasteiger partial charge in [-0.3, -0.25) is 4.21 Å². The Hall–Kier alpha value is -0.670. The van der Waals surface area contributed by atoms with Gasteiger partial charge in [-0.2, -0.15) is 0 Å². The smallest absolute Gasteiger partial charge is 0.0442 e. The van der Waals surface area contributed by atoms with Crippen LogP contribution in [0.4, 0.5) is 0 Å². The van der Waals surface area contributed by atoms with Gasteiger partial charge in [0.05, 0.1) is 0 Å². The third-order valence-corrected chi connectivity index (χ3v) is 5.30. The van der Waals surface area contributed by atoms with Crippen LogP contribution in [-0.2, 0) is 10.8 Å². The molecule has 0 fully saturated rings. The maximum absolute atomic E-state index is 12.3. The summed E-state index contributed by atoms with van der Waals surface area (Å²) in [6, 6.07) is 4.64. The maximum Gasteiger partial charge on any atom is 0.0442 e. The topological polar surface area (TPSA) is 29.1 Å². The lowest BCUT2D eigenvalue weighted by molar-refractivity contribution is 0.564. The van der Waals surface area contributed by atoms with Gasteiger partial charge in [0, 0.05) is 27.8 Å². The molecule has 0 saturated carbocycles. The molecular formula is C17H29NOS. The monoisotopic (exact) mass is 295 g/mol. The minimum atomic E-state index is -0.790. The molecule has 1 aromatic rings. The first kappa shape index (κ1) is 17.4. The van der Waals surface area contributed by atoms with Gasteiger partial charge in [0.25, 0.3) is 0 Å². The minimum Gasteiger partial charge on any atom is -0.309 e. The quantitative estimate of drug-likeness (QED) is 0.829. The Kier molecular flexibility index (Phi) is 6.90. The van der Waals surface area contributed by atoms with Gasteiger partial charge in [-0.25, -0.2) is 0 Å². The molecule has 0 saturated heterocycles. The summed E-state index contributed by atoms with van der Waals surface area (Å²) in [5.74, 6) is 0.697. The predicted molar refractivity (Wildman–Crippen MR) is 89.8 cm³/mol. The Bertz CT molecular complexity index is 445. The summed E-state index contributed by atoms with van der Waals surface area (Å²) in [7, 11) is -0.790. The van der Waals surface area contributed by atoms with Crippen molar-refractivity contribution in [1.29, 1.82) is 0 Å². The first-order chi connectivity index (χ1) is 9.36. The van der Waals surface area contributed by atoms with Gasteiger partial charge in [0.2, 0.25) is 0 Å². The Morgan fingerprint density at radius 1 is 1.15 bits per heavy atom. The zero-order valence-corrected chi connectivity index (χ0v) is 14.6. The molecule has 0 radical (unpaired) electrons. The van der Waals surface area contributed by atoms with Crippen molar-refractivity contribution in [2.45, 2.75) is 59.3 Å². The number of rotatable bonds is 7. The van der Waals surface area contributed by atoms with Crippen LogP contribution in [0.3, 0.4) is 0 Å². The van der Waals surface area contributed by atoms with E-state index < -0.39 is 10.8 Å². The summed E-state index contributed by atoms with van der Waals surface area (Å²) in [5, 5.41) is 3.79. The number of hydrogen-bond acceptors (Lipinski definition) is 2. The van der Waals surface area contributed by atoms with Crippen LogP contribution in [0.15, 0.2) is 12.1 Å². The van der Waals surface area contributed by atoms with E-state index in [0.29, 0.717) is 5.75 Å². The van der Waals surface area contributed by atoms with Crippen LogP contribution in [0.1, 0.15) is 55.5 Å². The molecule has 1 rings (SSSR count). The predicted octanol–water partition coefficient (Wildman–Crippen LogP) is 3.81. The van der Waals surface area contributed by atoms with E-state index >= 15 is 0 Å². The molecule has 0 bridgehead atoms. The summed E-state index contributed by atoms with van der Waals surface area (Å²) >= 11 is 0. The largest absolute Gasteiger partial charge is 0.309 e. The number of hydrogen-bond donors (Lipinski definition) is 1. The summed E-state index contributed by atoms with van der Waals surface area (Å²) in [4.78, 5) is 0. The summed E-state index contributed by atoms with van der Waals surface area (Å²) < 4.78 is 12.3. The van der Waals surface area contributed by atoms with Crippen LogP contribution in [0, 0.1) is 20.8 Å². The third-order valence-electron chi connectivity index (χ3n) is 3.58. The highest BCUT2D eigenvalue weighted by Gasteiger charge is 2.20. The first-order valence-corrected chi connectivity index (χ1v) is 8.93. The molecule has 0 aromatic heterocycles. The lowest BCUT2D eigenvalue weighted by atomic mass is 9.95. The van der Waals surface area contributed by atoms with Crippen LogP contribution in [-0.4, -0.2) is 21.8 Å². The highest BCUT2D eigenvalue weighted by atomic mass is 32.2. The zero-order valence-electron chi connectivity index (χ0n) is 13.7. The second-order valence-electron chi connectivity index (χ2n) is 5.92. The minimum absolute atomic E-state index is 0.193. The molecule has 0 spiro atoms. The second kappa shape index (κ2) is 7.94. The van der Waals surface area contributed by atoms with Crippen molar-refractivity contribution < 1.29 is 4.21 Å². The zero-order chi connectivity index (χ0) is 15.3. The van der Waals surface area contributed by atoms with Crippen LogP contribution in [0.2, 0.25) is 0 Å². The molecular weight excluding hydrogens is 266 g/mol. The van der Waals surface area contributed by atoms with Crippen molar-refractivity contribution in [2.75, 3.05) is 12.3 Å². The van der Waals surface area contributed by atoms with Crippen molar-refractivity contribution in [3.05, 3.63) is 34.4 Å². The van der Waals surface area contributed by atoms with Crippen LogP contribution >= 0.6 is 0 Å².